The van der Waals surface area contributed by atoms with E-state index in [9.17, 15) is 4.79 Å². The lowest BCUT2D eigenvalue weighted by Crippen LogP contribution is -2.29. The van der Waals surface area contributed by atoms with Gasteiger partial charge in [0, 0.05) is 0 Å². The van der Waals surface area contributed by atoms with Crippen molar-refractivity contribution in [1.82, 2.24) is 0 Å². The van der Waals surface area contributed by atoms with Gasteiger partial charge in [-0.3, -0.25) is 0 Å². The summed E-state index contributed by atoms with van der Waals surface area (Å²) in [4.78, 5) is 12.4. The van der Waals surface area contributed by atoms with Crippen molar-refractivity contribution in [2.24, 2.45) is 0 Å². The Hall–Kier alpha value is -2.29. The molecule has 2 saturated carbocycles. The van der Waals surface area contributed by atoms with Crippen molar-refractivity contribution < 1.29 is 14.3 Å². The molecule has 0 unspecified atom stereocenters. The van der Waals surface area contributed by atoms with E-state index in [4.69, 9.17) is 9.47 Å². The number of hydrogen-bond acceptors (Lipinski definition) is 3. The van der Waals surface area contributed by atoms with Crippen LogP contribution < -0.4 is 0 Å². The van der Waals surface area contributed by atoms with E-state index in [1.165, 1.54) is 33.4 Å². The number of aryl methyl sites for hydroxylation is 4. The van der Waals surface area contributed by atoms with Gasteiger partial charge in [0.15, 0.2) is 0 Å². The third kappa shape index (κ3) is 5.54. The highest BCUT2D eigenvalue weighted by atomic mass is 16.7. The molecule has 0 amide bonds. The Bertz CT molecular complexity index is 856. The van der Waals surface area contributed by atoms with Crippen molar-refractivity contribution in [3.8, 4) is 0 Å². The predicted molar refractivity (Wildman–Crippen MR) is 129 cm³/mol. The highest BCUT2D eigenvalue weighted by Gasteiger charge is 2.29. The number of benzene rings is 2. The van der Waals surface area contributed by atoms with E-state index in [0.29, 0.717) is 11.8 Å². The van der Waals surface area contributed by atoms with E-state index >= 15 is 0 Å². The van der Waals surface area contributed by atoms with Crippen LogP contribution in [0.25, 0.3) is 0 Å². The monoisotopic (exact) mass is 434 g/mol. The van der Waals surface area contributed by atoms with E-state index in [2.05, 4.69) is 64.1 Å². The molecule has 3 nitrogen and oxygen atoms in total. The molecule has 2 aromatic carbocycles. The molecule has 0 aromatic heterocycles. The highest BCUT2D eigenvalue weighted by Crippen LogP contribution is 2.37. The molecule has 0 bridgehead atoms. The average Bonchev–Trinajstić information content (AvgIpc) is 2.75. The van der Waals surface area contributed by atoms with Crippen LogP contribution in [0.1, 0.15) is 96.6 Å². The van der Waals surface area contributed by atoms with E-state index < -0.39 is 6.16 Å². The smallest absolute Gasteiger partial charge is 0.431 e. The van der Waals surface area contributed by atoms with Gasteiger partial charge in [-0.2, -0.15) is 0 Å². The molecule has 0 saturated heterocycles. The second-order valence-electron chi connectivity index (χ2n) is 10.2. The van der Waals surface area contributed by atoms with Crippen LogP contribution in [0.5, 0.6) is 0 Å². The standard InChI is InChI=1S/C29H38O3/c1-19-5-15-27(21(3)17-19)23-7-11-25(12-8-23)31-29(30)32-26-13-9-24(10-14-26)28-16-6-20(2)18-22(28)4/h5-6,15-18,23-26H,7-14H2,1-4H3. The summed E-state index contributed by atoms with van der Waals surface area (Å²) >= 11 is 0. The normalized spacial score (nSPS) is 25.9. The molecule has 2 aliphatic rings. The Kier molecular flexibility index (Phi) is 7.23. The zero-order valence-corrected chi connectivity index (χ0v) is 20.2. The molecule has 2 fully saturated rings. The summed E-state index contributed by atoms with van der Waals surface area (Å²) < 4.78 is 11.4. The molecule has 2 aromatic rings. The molecule has 3 heteroatoms. The zero-order valence-electron chi connectivity index (χ0n) is 20.2. The molecule has 2 aliphatic carbocycles. The van der Waals surface area contributed by atoms with Crippen molar-refractivity contribution in [2.45, 2.75) is 103 Å². The van der Waals surface area contributed by atoms with Crippen LogP contribution >= 0.6 is 0 Å². The third-order valence-corrected chi connectivity index (χ3v) is 7.60. The van der Waals surface area contributed by atoms with E-state index in [0.717, 1.165) is 51.4 Å². The molecular weight excluding hydrogens is 396 g/mol. The molecule has 32 heavy (non-hydrogen) atoms. The Balaban J connectivity index is 1.20. The summed E-state index contributed by atoms with van der Waals surface area (Å²) in [7, 11) is 0. The summed E-state index contributed by atoms with van der Waals surface area (Å²) in [6.45, 7) is 8.70. The molecule has 0 spiro atoms. The summed E-state index contributed by atoms with van der Waals surface area (Å²) in [6.07, 6.45) is 7.51. The number of hydrogen-bond donors (Lipinski definition) is 0. The fourth-order valence-corrected chi connectivity index (χ4v) is 5.85. The van der Waals surface area contributed by atoms with Crippen molar-refractivity contribution in [3.05, 3.63) is 69.8 Å². The van der Waals surface area contributed by atoms with Gasteiger partial charge in [0.05, 0.1) is 0 Å². The lowest BCUT2D eigenvalue weighted by molar-refractivity contribution is -0.0215. The Morgan fingerprint density at radius 3 is 1.34 bits per heavy atom. The van der Waals surface area contributed by atoms with Gasteiger partial charge in [-0.1, -0.05) is 47.5 Å². The van der Waals surface area contributed by atoms with Gasteiger partial charge >= 0.3 is 6.16 Å². The van der Waals surface area contributed by atoms with E-state index in [1.807, 2.05) is 0 Å². The van der Waals surface area contributed by atoms with Crippen LogP contribution in [0, 0.1) is 27.7 Å². The second kappa shape index (κ2) is 10.1. The molecule has 0 aliphatic heterocycles. The number of carbonyl (C=O) groups excluding carboxylic acids is 1. The Morgan fingerprint density at radius 1 is 0.625 bits per heavy atom. The van der Waals surface area contributed by atoms with Gasteiger partial charge in [0.25, 0.3) is 0 Å². The SMILES string of the molecule is Cc1ccc(C2CCC(OC(=O)OC3CCC(c4ccc(C)cc4C)CC3)CC2)c(C)c1. The maximum atomic E-state index is 12.4. The number of rotatable bonds is 4. The van der Waals surface area contributed by atoms with Gasteiger partial charge in [-0.25, -0.2) is 4.79 Å². The first kappa shape index (κ1) is 22.9. The first-order chi connectivity index (χ1) is 15.4. The molecular formula is C29H38O3. The van der Waals surface area contributed by atoms with Crippen LogP contribution in [-0.4, -0.2) is 18.4 Å². The van der Waals surface area contributed by atoms with Gasteiger partial charge in [-0.15, -0.1) is 0 Å². The van der Waals surface area contributed by atoms with E-state index in [-0.39, 0.29) is 12.2 Å². The van der Waals surface area contributed by atoms with Crippen molar-refractivity contribution in [3.63, 3.8) is 0 Å². The maximum absolute atomic E-state index is 12.4. The summed E-state index contributed by atoms with van der Waals surface area (Å²) in [5.74, 6) is 1.15. The molecule has 0 radical (unpaired) electrons. The predicted octanol–water partition coefficient (Wildman–Crippen LogP) is 7.83. The minimum atomic E-state index is -0.463. The second-order valence-corrected chi connectivity index (χ2v) is 10.2. The van der Waals surface area contributed by atoms with Crippen LogP contribution in [0.15, 0.2) is 36.4 Å². The van der Waals surface area contributed by atoms with Crippen LogP contribution in [0.2, 0.25) is 0 Å². The largest absolute Gasteiger partial charge is 0.508 e. The van der Waals surface area contributed by atoms with Gasteiger partial charge < -0.3 is 9.47 Å². The van der Waals surface area contributed by atoms with E-state index in [1.54, 1.807) is 0 Å². The molecule has 0 N–H and O–H groups in total. The van der Waals surface area contributed by atoms with Crippen LogP contribution in [0.3, 0.4) is 0 Å². The van der Waals surface area contributed by atoms with Crippen molar-refractivity contribution in [1.29, 1.82) is 0 Å². The number of carbonyl (C=O) groups is 1. The van der Waals surface area contributed by atoms with Crippen molar-refractivity contribution in [2.75, 3.05) is 0 Å². The summed E-state index contributed by atoms with van der Waals surface area (Å²) in [6, 6.07) is 13.5. The van der Waals surface area contributed by atoms with Gasteiger partial charge in [-0.05, 0) is 113 Å². The minimum Gasteiger partial charge on any atom is -0.431 e. The average molecular weight is 435 g/mol. The van der Waals surface area contributed by atoms with Crippen LogP contribution in [-0.2, 0) is 9.47 Å². The summed E-state index contributed by atoms with van der Waals surface area (Å²) in [5.41, 5.74) is 8.30. The molecule has 172 valence electrons. The van der Waals surface area contributed by atoms with Crippen molar-refractivity contribution >= 4 is 6.16 Å². The zero-order chi connectivity index (χ0) is 22.7. The lowest BCUT2D eigenvalue weighted by atomic mass is 9.81. The Labute approximate surface area is 193 Å². The fraction of sp³-hybridized carbons (Fsp3) is 0.552. The molecule has 0 heterocycles. The minimum absolute atomic E-state index is 0.00366. The lowest BCUT2D eigenvalue weighted by Gasteiger charge is -2.31. The Morgan fingerprint density at radius 2 is 1.00 bits per heavy atom. The molecule has 4 rings (SSSR count). The van der Waals surface area contributed by atoms with Gasteiger partial charge in [0.1, 0.15) is 12.2 Å². The third-order valence-electron chi connectivity index (χ3n) is 7.60. The summed E-state index contributed by atoms with van der Waals surface area (Å²) in [5, 5.41) is 0. The number of ether oxygens (including phenoxy) is 2. The first-order valence-electron chi connectivity index (χ1n) is 12.4. The fourth-order valence-electron chi connectivity index (χ4n) is 5.85. The van der Waals surface area contributed by atoms with Crippen LogP contribution in [0.4, 0.5) is 4.79 Å². The maximum Gasteiger partial charge on any atom is 0.508 e. The van der Waals surface area contributed by atoms with Gasteiger partial charge in [0.2, 0.25) is 0 Å². The first-order valence-corrected chi connectivity index (χ1v) is 12.4. The molecule has 0 atom stereocenters. The topological polar surface area (TPSA) is 35.5 Å². The highest BCUT2D eigenvalue weighted by molar-refractivity contribution is 5.60. The quantitative estimate of drug-likeness (QED) is 0.460.